The van der Waals surface area contributed by atoms with Crippen LogP contribution in [0.5, 0.6) is 0 Å². The molecule has 0 spiro atoms. The third kappa shape index (κ3) is 4.26. The lowest BCUT2D eigenvalue weighted by atomic mass is 10.1. The van der Waals surface area contributed by atoms with Crippen molar-refractivity contribution in [2.75, 3.05) is 12.4 Å². The highest BCUT2D eigenvalue weighted by atomic mass is 35.5. The molecule has 0 saturated carbocycles. The second kappa shape index (κ2) is 8.60. The largest absolute Gasteiger partial charge is 0.465 e. The number of thiophene rings is 1. The van der Waals surface area contributed by atoms with Gasteiger partial charge in [-0.3, -0.25) is 0 Å². The van der Waals surface area contributed by atoms with Crippen LogP contribution in [0.2, 0.25) is 10.0 Å². The number of carbonyl (C=O) groups is 1. The Hall–Kier alpha value is -2.67. The first kappa shape index (κ1) is 20.6. The fraction of sp³-hybridized carbons (Fsp3) is 0.136. The molecule has 0 amide bonds. The Bertz CT molecular complexity index is 1240. The van der Waals surface area contributed by atoms with E-state index in [0.29, 0.717) is 28.0 Å². The number of carbonyl (C=O) groups excluding carboxylic acids is 1. The predicted molar refractivity (Wildman–Crippen MR) is 123 cm³/mol. The standard InChI is InChI=1S/C22H17Cl2N3O2S/c1-12-9-16-20(25-11-13-3-8-17(23)18(24)10-13)26-19(27-21(16)30-12)14-4-6-15(7-5-14)22(28)29-2/h3-10H,11H2,1-2H3,(H,25,26,27). The maximum absolute atomic E-state index is 11.7. The summed E-state index contributed by atoms with van der Waals surface area (Å²) in [4.78, 5) is 23.2. The van der Waals surface area contributed by atoms with Gasteiger partial charge in [-0.1, -0.05) is 41.4 Å². The fourth-order valence-electron chi connectivity index (χ4n) is 3.01. The van der Waals surface area contributed by atoms with Crippen molar-refractivity contribution >= 4 is 56.5 Å². The van der Waals surface area contributed by atoms with Crippen LogP contribution < -0.4 is 5.32 Å². The molecule has 0 bridgehead atoms. The van der Waals surface area contributed by atoms with E-state index in [-0.39, 0.29) is 5.97 Å². The molecule has 8 heteroatoms. The van der Waals surface area contributed by atoms with Gasteiger partial charge in [0, 0.05) is 17.0 Å². The molecule has 30 heavy (non-hydrogen) atoms. The average molecular weight is 458 g/mol. The first-order valence-corrected chi connectivity index (χ1v) is 10.7. The van der Waals surface area contributed by atoms with Crippen LogP contribution in [0.3, 0.4) is 0 Å². The van der Waals surface area contributed by atoms with Gasteiger partial charge in [0.25, 0.3) is 0 Å². The van der Waals surface area contributed by atoms with E-state index in [1.807, 2.05) is 31.2 Å². The van der Waals surface area contributed by atoms with Crippen molar-refractivity contribution in [3.05, 3.63) is 74.6 Å². The zero-order valence-electron chi connectivity index (χ0n) is 16.2. The van der Waals surface area contributed by atoms with Crippen molar-refractivity contribution in [1.29, 1.82) is 0 Å². The van der Waals surface area contributed by atoms with Gasteiger partial charge < -0.3 is 10.1 Å². The number of ether oxygens (including phenoxy) is 1. The summed E-state index contributed by atoms with van der Waals surface area (Å²) in [6, 6.07) is 14.6. The van der Waals surface area contributed by atoms with E-state index in [1.54, 1.807) is 29.5 Å². The van der Waals surface area contributed by atoms with Gasteiger partial charge in [0.1, 0.15) is 10.6 Å². The Kier molecular flexibility index (Phi) is 5.90. The van der Waals surface area contributed by atoms with Gasteiger partial charge in [-0.25, -0.2) is 14.8 Å². The molecule has 4 aromatic rings. The summed E-state index contributed by atoms with van der Waals surface area (Å²) in [7, 11) is 1.36. The number of hydrogen-bond donors (Lipinski definition) is 1. The van der Waals surface area contributed by atoms with Gasteiger partial charge in [0.15, 0.2) is 5.82 Å². The van der Waals surface area contributed by atoms with E-state index in [0.717, 1.165) is 32.0 Å². The van der Waals surface area contributed by atoms with Crippen LogP contribution >= 0.6 is 34.5 Å². The van der Waals surface area contributed by atoms with Gasteiger partial charge in [0.05, 0.1) is 28.1 Å². The third-order valence-corrected chi connectivity index (χ3v) is 6.21. The molecule has 0 saturated heterocycles. The van der Waals surface area contributed by atoms with Crippen molar-refractivity contribution in [1.82, 2.24) is 9.97 Å². The lowest BCUT2D eigenvalue weighted by molar-refractivity contribution is 0.0601. The first-order chi connectivity index (χ1) is 14.4. The highest BCUT2D eigenvalue weighted by molar-refractivity contribution is 7.18. The van der Waals surface area contributed by atoms with Crippen LogP contribution in [0.1, 0.15) is 20.8 Å². The summed E-state index contributed by atoms with van der Waals surface area (Å²) >= 11 is 13.7. The Balaban J connectivity index is 1.68. The van der Waals surface area contributed by atoms with Gasteiger partial charge in [-0.15, -0.1) is 11.3 Å². The molecule has 1 N–H and O–H groups in total. The molecule has 2 aromatic carbocycles. The van der Waals surface area contributed by atoms with Crippen molar-refractivity contribution in [2.24, 2.45) is 0 Å². The number of anilines is 1. The van der Waals surface area contributed by atoms with Crippen LogP contribution in [-0.4, -0.2) is 23.0 Å². The molecule has 0 radical (unpaired) electrons. The molecule has 0 aliphatic rings. The number of aryl methyl sites for hydroxylation is 1. The Labute approximate surface area is 187 Å². The summed E-state index contributed by atoms with van der Waals surface area (Å²) in [6.07, 6.45) is 0. The van der Waals surface area contributed by atoms with Crippen molar-refractivity contribution in [2.45, 2.75) is 13.5 Å². The van der Waals surface area contributed by atoms with E-state index in [4.69, 9.17) is 37.9 Å². The molecule has 4 rings (SSSR count). The number of nitrogens with one attached hydrogen (secondary N) is 1. The molecule has 0 fully saturated rings. The summed E-state index contributed by atoms with van der Waals surface area (Å²) in [6.45, 7) is 2.58. The second-order valence-corrected chi connectivity index (χ2v) is 8.69. The molecule has 0 aliphatic heterocycles. The maximum atomic E-state index is 11.7. The van der Waals surface area contributed by atoms with E-state index >= 15 is 0 Å². The number of halogens is 2. The number of fused-ring (bicyclic) bond motifs is 1. The molecule has 0 unspecified atom stereocenters. The number of methoxy groups -OCH3 is 1. The monoisotopic (exact) mass is 457 g/mol. The molecule has 2 aromatic heterocycles. The van der Waals surface area contributed by atoms with Crippen molar-refractivity contribution in [3.63, 3.8) is 0 Å². The number of esters is 1. The van der Waals surface area contributed by atoms with Crippen LogP contribution in [-0.2, 0) is 11.3 Å². The van der Waals surface area contributed by atoms with E-state index in [9.17, 15) is 4.79 Å². The lowest BCUT2D eigenvalue weighted by Gasteiger charge is -2.10. The number of hydrogen-bond acceptors (Lipinski definition) is 6. The van der Waals surface area contributed by atoms with Crippen molar-refractivity contribution < 1.29 is 9.53 Å². The lowest BCUT2D eigenvalue weighted by Crippen LogP contribution is -2.04. The Morgan fingerprint density at radius 3 is 2.53 bits per heavy atom. The summed E-state index contributed by atoms with van der Waals surface area (Å²) in [5.41, 5.74) is 2.28. The van der Waals surface area contributed by atoms with E-state index in [2.05, 4.69) is 11.4 Å². The van der Waals surface area contributed by atoms with Crippen LogP contribution in [0, 0.1) is 6.92 Å². The maximum Gasteiger partial charge on any atom is 0.337 e. The smallest absolute Gasteiger partial charge is 0.337 e. The molecule has 5 nitrogen and oxygen atoms in total. The summed E-state index contributed by atoms with van der Waals surface area (Å²) in [5.74, 6) is 0.940. The normalized spacial score (nSPS) is 10.9. The molecular weight excluding hydrogens is 441 g/mol. The Morgan fingerprint density at radius 1 is 1.07 bits per heavy atom. The molecular formula is C22H17Cl2N3O2S. The van der Waals surface area contributed by atoms with Gasteiger partial charge >= 0.3 is 5.97 Å². The summed E-state index contributed by atoms with van der Waals surface area (Å²) < 4.78 is 4.75. The average Bonchev–Trinajstić information content (AvgIpc) is 3.14. The fourth-order valence-corrected chi connectivity index (χ4v) is 4.21. The Morgan fingerprint density at radius 2 is 1.83 bits per heavy atom. The highest BCUT2D eigenvalue weighted by Crippen LogP contribution is 2.32. The zero-order chi connectivity index (χ0) is 21.3. The van der Waals surface area contributed by atoms with Crippen LogP contribution in [0.25, 0.3) is 21.6 Å². The number of rotatable bonds is 5. The van der Waals surface area contributed by atoms with Crippen LogP contribution in [0.15, 0.2) is 48.5 Å². The second-order valence-electron chi connectivity index (χ2n) is 6.64. The van der Waals surface area contributed by atoms with Crippen LogP contribution in [0.4, 0.5) is 5.82 Å². The minimum Gasteiger partial charge on any atom is -0.465 e. The first-order valence-electron chi connectivity index (χ1n) is 9.09. The molecule has 2 heterocycles. The SMILES string of the molecule is COC(=O)c1ccc(-c2nc(NCc3ccc(Cl)c(Cl)c3)c3cc(C)sc3n2)cc1. The highest BCUT2D eigenvalue weighted by Gasteiger charge is 2.13. The minimum absolute atomic E-state index is 0.379. The molecule has 0 aliphatic carbocycles. The van der Waals surface area contributed by atoms with Crippen molar-refractivity contribution in [3.8, 4) is 11.4 Å². The quantitative estimate of drug-likeness (QED) is 0.352. The van der Waals surface area contributed by atoms with E-state index in [1.165, 1.54) is 7.11 Å². The van der Waals surface area contributed by atoms with Gasteiger partial charge in [-0.05, 0) is 42.8 Å². The number of benzene rings is 2. The van der Waals surface area contributed by atoms with Gasteiger partial charge in [-0.2, -0.15) is 0 Å². The number of aromatic nitrogens is 2. The minimum atomic E-state index is -0.379. The van der Waals surface area contributed by atoms with E-state index < -0.39 is 0 Å². The topological polar surface area (TPSA) is 64.1 Å². The third-order valence-electron chi connectivity index (χ3n) is 4.52. The molecule has 152 valence electrons. The molecule has 0 atom stereocenters. The van der Waals surface area contributed by atoms with Gasteiger partial charge in [0.2, 0.25) is 0 Å². The summed E-state index contributed by atoms with van der Waals surface area (Å²) in [5, 5.41) is 5.40. The number of nitrogens with zero attached hydrogens (tertiary/aromatic N) is 2. The predicted octanol–water partition coefficient (Wildman–Crippen LogP) is 6.37. The zero-order valence-corrected chi connectivity index (χ0v) is 18.5.